The summed E-state index contributed by atoms with van der Waals surface area (Å²) in [7, 11) is 6.33. The molecule has 0 radical (unpaired) electrons. The van der Waals surface area contributed by atoms with Crippen LogP contribution < -0.4 is 24.3 Å². The molecule has 0 saturated carbocycles. The van der Waals surface area contributed by atoms with Crippen LogP contribution in [0, 0.1) is 5.41 Å². The van der Waals surface area contributed by atoms with E-state index in [2.05, 4.69) is 19.2 Å². The quantitative estimate of drug-likeness (QED) is 0.534. The first-order valence-electron chi connectivity index (χ1n) is 11.7. The zero-order valence-electron chi connectivity index (χ0n) is 21.3. The monoisotopic (exact) mass is 490 g/mol. The molecule has 0 bridgehead atoms. The van der Waals surface area contributed by atoms with Gasteiger partial charge in [0.25, 0.3) is 0 Å². The normalized spacial score (nSPS) is 18.2. The largest absolute Gasteiger partial charge is 0.497 e. The van der Waals surface area contributed by atoms with Crippen molar-refractivity contribution < 1.29 is 23.7 Å². The highest BCUT2D eigenvalue weighted by Crippen LogP contribution is 2.47. The predicted octanol–water partition coefficient (Wildman–Crippen LogP) is 4.64. The molecule has 5 rings (SSSR count). The number of aromatic nitrogens is 3. The Kier molecular flexibility index (Phi) is 5.86. The van der Waals surface area contributed by atoms with E-state index in [0.29, 0.717) is 46.8 Å². The number of methoxy groups -OCH3 is 4. The van der Waals surface area contributed by atoms with E-state index in [1.165, 1.54) is 0 Å². The van der Waals surface area contributed by atoms with E-state index < -0.39 is 6.04 Å². The summed E-state index contributed by atoms with van der Waals surface area (Å²) in [6.45, 7) is 4.22. The Morgan fingerprint density at radius 3 is 2.33 bits per heavy atom. The number of ether oxygens (including phenoxy) is 4. The first kappa shape index (κ1) is 23.7. The molecule has 3 aromatic rings. The summed E-state index contributed by atoms with van der Waals surface area (Å²) in [6.07, 6.45) is 1.21. The number of fused-ring (bicyclic) bond motifs is 1. The number of benzene rings is 2. The van der Waals surface area contributed by atoms with E-state index in [1.54, 1.807) is 33.1 Å². The first-order chi connectivity index (χ1) is 17.3. The van der Waals surface area contributed by atoms with Gasteiger partial charge in [-0.1, -0.05) is 26.0 Å². The Balaban J connectivity index is 1.68. The Morgan fingerprint density at radius 1 is 0.972 bits per heavy atom. The molecular weight excluding hydrogens is 460 g/mol. The molecule has 1 aromatic heterocycles. The average molecular weight is 491 g/mol. The lowest BCUT2D eigenvalue weighted by atomic mass is 9.73. The lowest BCUT2D eigenvalue weighted by Gasteiger charge is -2.38. The smallest absolute Gasteiger partial charge is 0.226 e. The van der Waals surface area contributed by atoms with E-state index in [-0.39, 0.29) is 11.2 Å². The Labute approximate surface area is 210 Å². The molecule has 0 unspecified atom stereocenters. The predicted molar refractivity (Wildman–Crippen MR) is 135 cm³/mol. The molecule has 9 nitrogen and oxygen atoms in total. The molecule has 2 aliphatic rings. The van der Waals surface area contributed by atoms with Crippen molar-refractivity contribution in [3.63, 3.8) is 0 Å². The van der Waals surface area contributed by atoms with Crippen LogP contribution in [0.5, 0.6) is 23.0 Å². The number of carbonyl (C=O) groups is 1. The van der Waals surface area contributed by atoms with Crippen LogP contribution in [0.1, 0.15) is 38.3 Å². The van der Waals surface area contributed by atoms with Crippen LogP contribution in [-0.2, 0) is 4.79 Å². The van der Waals surface area contributed by atoms with Gasteiger partial charge in [-0.15, -0.1) is 5.10 Å². The van der Waals surface area contributed by atoms with Crippen molar-refractivity contribution in [1.29, 1.82) is 0 Å². The fourth-order valence-corrected chi connectivity index (χ4v) is 5.06. The molecule has 1 aliphatic heterocycles. The van der Waals surface area contributed by atoms with Crippen molar-refractivity contribution in [3.05, 3.63) is 53.2 Å². The standard InChI is InChI=1S/C27H30N4O5/c1-27(2)13-18-22(19(32)14-27)23(15-8-7-9-17(10-15)33-3)31-26(28-18)29-25(30-31)16-11-20(34-4)24(36-6)21(12-16)35-5/h7-12,23H,13-14H2,1-6H3,(H,28,29,30)/t23-/m0/s1. The summed E-state index contributed by atoms with van der Waals surface area (Å²) in [4.78, 5) is 18.3. The van der Waals surface area contributed by atoms with E-state index in [4.69, 9.17) is 29.0 Å². The van der Waals surface area contributed by atoms with Crippen molar-refractivity contribution in [2.24, 2.45) is 5.41 Å². The number of rotatable bonds is 6. The van der Waals surface area contributed by atoms with Gasteiger partial charge in [-0.25, -0.2) is 4.68 Å². The second kappa shape index (κ2) is 8.89. The van der Waals surface area contributed by atoms with Gasteiger partial charge in [-0.2, -0.15) is 4.98 Å². The molecule has 1 N–H and O–H groups in total. The fourth-order valence-electron chi connectivity index (χ4n) is 5.06. The van der Waals surface area contributed by atoms with Crippen molar-refractivity contribution in [2.75, 3.05) is 33.8 Å². The van der Waals surface area contributed by atoms with Crippen LogP contribution in [0.25, 0.3) is 11.4 Å². The summed E-state index contributed by atoms with van der Waals surface area (Å²) < 4.78 is 23.8. The maximum Gasteiger partial charge on any atom is 0.226 e. The minimum atomic E-state index is -0.432. The molecule has 36 heavy (non-hydrogen) atoms. The number of allylic oxidation sites excluding steroid dienone is 2. The molecular formula is C27H30N4O5. The van der Waals surface area contributed by atoms with E-state index in [9.17, 15) is 4.79 Å². The summed E-state index contributed by atoms with van der Waals surface area (Å²) >= 11 is 0. The third-order valence-electron chi connectivity index (χ3n) is 6.66. The topological polar surface area (TPSA) is 96.7 Å². The first-order valence-corrected chi connectivity index (χ1v) is 11.7. The third kappa shape index (κ3) is 3.94. The van der Waals surface area contributed by atoms with E-state index in [0.717, 1.165) is 23.3 Å². The fraction of sp³-hybridized carbons (Fsp3) is 0.370. The van der Waals surface area contributed by atoms with Crippen molar-refractivity contribution >= 4 is 11.7 Å². The summed E-state index contributed by atoms with van der Waals surface area (Å²) in [6, 6.07) is 10.9. The molecule has 2 aromatic carbocycles. The van der Waals surface area contributed by atoms with Crippen molar-refractivity contribution in [2.45, 2.75) is 32.7 Å². The average Bonchev–Trinajstić information content (AvgIpc) is 3.29. The molecule has 0 spiro atoms. The minimum Gasteiger partial charge on any atom is -0.497 e. The number of carbonyl (C=O) groups excluding carboxylic acids is 1. The maximum atomic E-state index is 13.5. The SMILES string of the molecule is COc1cccc([C@H]2C3=C(CC(C)(C)CC3=O)Nc3nc(-c4cc(OC)c(OC)c(OC)c4)nn32)c1. The molecule has 188 valence electrons. The molecule has 9 heteroatoms. The van der Waals surface area contributed by atoms with Gasteiger partial charge in [0.05, 0.1) is 28.4 Å². The van der Waals surface area contributed by atoms with Gasteiger partial charge >= 0.3 is 0 Å². The van der Waals surface area contributed by atoms with Crippen molar-refractivity contribution in [3.8, 4) is 34.4 Å². The molecule has 2 heterocycles. The van der Waals surface area contributed by atoms with Gasteiger partial charge in [-0.05, 0) is 41.7 Å². The highest BCUT2D eigenvalue weighted by Gasteiger charge is 2.42. The molecule has 1 aliphatic carbocycles. The Bertz CT molecular complexity index is 1350. The van der Waals surface area contributed by atoms with Crippen LogP contribution in [0.4, 0.5) is 5.95 Å². The lowest BCUT2D eigenvalue weighted by molar-refractivity contribution is -0.118. The van der Waals surface area contributed by atoms with Gasteiger partial charge in [-0.3, -0.25) is 4.79 Å². The van der Waals surface area contributed by atoms with Gasteiger partial charge in [0.2, 0.25) is 11.7 Å². The van der Waals surface area contributed by atoms with Gasteiger partial charge in [0, 0.05) is 23.3 Å². The number of hydrogen-bond donors (Lipinski definition) is 1. The van der Waals surface area contributed by atoms with Crippen LogP contribution in [-0.4, -0.2) is 49.0 Å². The second-order valence-corrected chi connectivity index (χ2v) is 9.75. The third-order valence-corrected chi connectivity index (χ3v) is 6.66. The number of hydrogen-bond acceptors (Lipinski definition) is 8. The van der Waals surface area contributed by atoms with Crippen LogP contribution in [0.3, 0.4) is 0 Å². The van der Waals surface area contributed by atoms with Crippen LogP contribution in [0.2, 0.25) is 0 Å². The van der Waals surface area contributed by atoms with Crippen molar-refractivity contribution in [1.82, 2.24) is 14.8 Å². The highest BCUT2D eigenvalue weighted by atomic mass is 16.5. The number of nitrogens with one attached hydrogen (secondary N) is 1. The van der Waals surface area contributed by atoms with Gasteiger partial charge in [0.15, 0.2) is 23.1 Å². The van der Waals surface area contributed by atoms with Gasteiger partial charge in [0.1, 0.15) is 11.8 Å². The minimum absolute atomic E-state index is 0.108. The lowest BCUT2D eigenvalue weighted by Crippen LogP contribution is -2.36. The highest BCUT2D eigenvalue weighted by molar-refractivity contribution is 6.00. The number of anilines is 1. The maximum absolute atomic E-state index is 13.5. The summed E-state index contributed by atoms with van der Waals surface area (Å²) in [5, 5.41) is 8.28. The molecule has 1 atom stereocenters. The molecule has 0 amide bonds. The molecule has 0 fully saturated rings. The number of ketones is 1. The van der Waals surface area contributed by atoms with E-state index in [1.807, 2.05) is 36.4 Å². The Morgan fingerprint density at radius 2 is 1.69 bits per heavy atom. The van der Waals surface area contributed by atoms with Gasteiger partial charge < -0.3 is 24.3 Å². The number of Topliss-reactive ketones (excluding diaryl/α,β-unsaturated/α-hetero) is 1. The zero-order chi connectivity index (χ0) is 25.6. The van der Waals surface area contributed by atoms with E-state index >= 15 is 0 Å². The van der Waals surface area contributed by atoms with Crippen LogP contribution in [0.15, 0.2) is 47.7 Å². The molecule has 0 saturated heterocycles. The zero-order valence-corrected chi connectivity index (χ0v) is 21.3. The second-order valence-electron chi connectivity index (χ2n) is 9.75. The summed E-state index contributed by atoms with van der Waals surface area (Å²) in [5.74, 6) is 3.36. The van der Waals surface area contributed by atoms with Crippen LogP contribution >= 0.6 is 0 Å². The Hall–Kier alpha value is -4.01. The number of nitrogens with zero attached hydrogens (tertiary/aromatic N) is 3. The summed E-state index contributed by atoms with van der Waals surface area (Å²) in [5.41, 5.74) is 3.06.